The van der Waals surface area contributed by atoms with E-state index in [4.69, 9.17) is 0 Å². The first-order valence-corrected chi connectivity index (χ1v) is 9.21. The SMILES string of the molecule is O=S(=O)(c1ccc2cc(Br)ccc2c1)N1CCCNCC1. The number of hydrogen-bond acceptors (Lipinski definition) is 3. The minimum Gasteiger partial charge on any atom is -0.315 e. The van der Waals surface area contributed by atoms with Crippen molar-refractivity contribution in [2.24, 2.45) is 0 Å². The maximum Gasteiger partial charge on any atom is 0.243 e. The first-order valence-electron chi connectivity index (χ1n) is 6.97. The number of hydrogen-bond donors (Lipinski definition) is 1. The summed E-state index contributed by atoms with van der Waals surface area (Å²) >= 11 is 3.43. The topological polar surface area (TPSA) is 49.4 Å². The fraction of sp³-hybridized carbons (Fsp3) is 0.333. The van der Waals surface area contributed by atoms with E-state index in [1.165, 1.54) is 0 Å². The molecule has 6 heteroatoms. The minimum atomic E-state index is -3.41. The first-order chi connectivity index (χ1) is 10.1. The number of rotatable bonds is 2. The summed E-state index contributed by atoms with van der Waals surface area (Å²) in [5.74, 6) is 0. The zero-order chi connectivity index (χ0) is 14.9. The second-order valence-corrected chi connectivity index (χ2v) is 8.01. The van der Waals surface area contributed by atoms with E-state index in [1.807, 2.05) is 24.3 Å². The van der Waals surface area contributed by atoms with Gasteiger partial charge in [-0.3, -0.25) is 0 Å². The van der Waals surface area contributed by atoms with E-state index in [0.717, 1.165) is 28.2 Å². The summed E-state index contributed by atoms with van der Waals surface area (Å²) in [5, 5.41) is 5.19. The van der Waals surface area contributed by atoms with Crippen molar-refractivity contribution in [1.29, 1.82) is 0 Å². The lowest BCUT2D eigenvalue weighted by atomic mass is 10.1. The van der Waals surface area contributed by atoms with Crippen molar-refractivity contribution in [3.63, 3.8) is 0 Å². The highest BCUT2D eigenvalue weighted by Gasteiger charge is 2.25. The zero-order valence-electron chi connectivity index (χ0n) is 11.5. The molecule has 1 aliphatic rings. The molecule has 0 atom stereocenters. The average Bonchev–Trinajstić information content (AvgIpc) is 2.76. The normalized spacial score (nSPS) is 17.8. The van der Waals surface area contributed by atoms with Crippen molar-refractivity contribution >= 4 is 36.7 Å². The lowest BCUT2D eigenvalue weighted by Gasteiger charge is -2.19. The molecule has 1 heterocycles. The lowest BCUT2D eigenvalue weighted by Crippen LogP contribution is -2.34. The van der Waals surface area contributed by atoms with Gasteiger partial charge in [0.1, 0.15) is 0 Å². The van der Waals surface area contributed by atoms with Gasteiger partial charge in [-0.15, -0.1) is 0 Å². The van der Waals surface area contributed by atoms with E-state index in [2.05, 4.69) is 21.2 Å². The van der Waals surface area contributed by atoms with Crippen LogP contribution >= 0.6 is 15.9 Å². The summed E-state index contributed by atoms with van der Waals surface area (Å²) < 4.78 is 28.0. The minimum absolute atomic E-state index is 0.374. The molecule has 0 unspecified atom stereocenters. The predicted molar refractivity (Wildman–Crippen MR) is 87.9 cm³/mol. The number of nitrogens with one attached hydrogen (secondary N) is 1. The van der Waals surface area contributed by atoms with Crippen molar-refractivity contribution in [1.82, 2.24) is 9.62 Å². The monoisotopic (exact) mass is 368 g/mol. The predicted octanol–water partition coefficient (Wildman–Crippen LogP) is 2.59. The van der Waals surface area contributed by atoms with Crippen LogP contribution in [0.3, 0.4) is 0 Å². The first kappa shape index (κ1) is 15.0. The molecule has 1 saturated heterocycles. The number of sulfonamides is 1. The van der Waals surface area contributed by atoms with Gasteiger partial charge in [0.05, 0.1) is 4.90 Å². The third kappa shape index (κ3) is 3.13. The summed E-state index contributed by atoms with van der Waals surface area (Å²) in [7, 11) is -3.41. The van der Waals surface area contributed by atoms with Crippen LogP contribution in [0.5, 0.6) is 0 Å². The Labute approximate surface area is 133 Å². The second-order valence-electron chi connectivity index (χ2n) is 5.16. The van der Waals surface area contributed by atoms with E-state index < -0.39 is 10.0 Å². The molecule has 0 radical (unpaired) electrons. The van der Waals surface area contributed by atoms with Crippen LogP contribution in [-0.4, -0.2) is 38.9 Å². The van der Waals surface area contributed by atoms with Crippen LogP contribution in [0.2, 0.25) is 0 Å². The maximum absolute atomic E-state index is 12.7. The molecule has 0 saturated carbocycles. The Morgan fingerprint density at radius 2 is 1.76 bits per heavy atom. The highest BCUT2D eigenvalue weighted by molar-refractivity contribution is 9.10. The van der Waals surface area contributed by atoms with Gasteiger partial charge in [0.25, 0.3) is 0 Å². The molecule has 112 valence electrons. The molecule has 1 aliphatic heterocycles. The molecule has 3 rings (SSSR count). The van der Waals surface area contributed by atoms with E-state index in [1.54, 1.807) is 16.4 Å². The smallest absolute Gasteiger partial charge is 0.243 e. The van der Waals surface area contributed by atoms with Crippen LogP contribution in [0.1, 0.15) is 6.42 Å². The number of halogens is 1. The van der Waals surface area contributed by atoms with Gasteiger partial charge in [0.15, 0.2) is 0 Å². The molecule has 1 fully saturated rings. The van der Waals surface area contributed by atoms with Crippen LogP contribution in [0, 0.1) is 0 Å². The molecule has 2 aromatic rings. The Hall–Kier alpha value is -0.950. The Bertz CT molecular complexity index is 753. The fourth-order valence-corrected chi connectivity index (χ4v) is 4.46. The number of benzene rings is 2. The fourth-order valence-electron chi connectivity index (χ4n) is 2.57. The number of nitrogens with zero attached hydrogens (tertiary/aromatic N) is 1. The highest BCUT2D eigenvalue weighted by atomic mass is 79.9. The Morgan fingerprint density at radius 3 is 2.62 bits per heavy atom. The number of fused-ring (bicyclic) bond motifs is 1. The van der Waals surface area contributed by atoms with Gasteiger partial charge in [-0.25, -0.2) is 8.42 Å². The standard InChI is InChI=1S/C15H17BrN2O2S/c16-14-4-2-13-11-15(5-3-12(13)10-14)21(19,20)18-8-1-6-17-7-9-18/h2-5,10-11,17H,1,6-9H2. The summed E-state index contributed by atoms with van der Waals surface area (Å²) in [6.45, 7) is 2.69. The van der Waals surface area contributed by atoms with Gasteiger partial charge in [-0.2, -0.15) is 4.31 Å². The van der Waals surface area contributed by atoms with E-state index in [-0.39, 0.29) is 0 Å². The summed E-state index contributed by atoms with van der Waals surface area (Å²) in [4.78, 5) is 0.374. The summed E-state index contributed by atoms with van der Waals surface area (Å²) in [5.41, 5.74) is 0. The summed E-state index contributed by atoms with van der Waals surface area (Å²) in [6, 6.07) is 11.2. The van der Waals surface area contributed by atoms with Gasteiger partial charge >= 0.3 is 0 Å². The Morgan fingerprint density at radius 1 is 1.00 bits per heavy atom. The van der Waals surface area contributed by atoms with Crippen molar-refractivity contribution in [3.05, 3.63) is 40.9 Å². The van der Waals surface area contributed by atoms with Gasteiger partial charge in [0.2, 0.25) is 10.0 Å². The van der Waals surface area contributed by atoms with Gasteiger partial charge in [-0.1, -0.05) is 28.1 Å². The molecular formula is C15H17BrN2O2S. The van der Waals surface area contributed by atoms with E-state index >= 15 is 0 Å². The van der Waals surface area contributed by atoms with Crippen molar-refractivity contribution in [2.45, 2.75) is 11.3 Å². The molecule has 2 aromatic carbocycles. The maximum atomic E-state index is 12.7. The van der Waals surface area contributed by atoms with Crippen LogP contribution in [0.15, 0.2) is 45.8 Å². The van der Waals surface area contributed by atoms with Gasteiger partial charge in [0, 0.05) is 24.1 Å². The van der Waals surface area contributed by atoms with Crippen LogP contribution in [0.25, 0.3) is 10.8 Å². The molecule has 0 aliphatic carbocycles. The molecule has 1 N–H and O–H groups in total. The summed E-state index contributed by atoms with van der Waals surface area (Å²) in [6.07, 6.45) is 0.847. The Balaban J connectivity index is 1.99. The van der Waals surface area contributed by atoms with Crippen LogP contribution in [0.4, 0.5) is 0 Å². The van der Waals surface area contributed by atoms with E-state index in [9.17, 15) is 8.42 Å². The van der Waals surface area contributed by atoms with Crippen molar-refractivity contribution in [3.8, 4) is 0 Å². The zero-order valence-corrected chi connectivity index (χ0v) is 14.0. The molecule has 0 amide bonds. The van der Waals surface area contributed by atoms with Crippen LogP contribution < -0.4 is 5.32 Å². The molecule has 21 heavy (non-hydrogen) atoms. The molecule has 0 spiro atoms. The second kappa shape index (κ2) is 6.04. The van der Waals surface area contributed by atoms with Gasteiger partial charge in [-0.05, 0) is 48.0 Å². The third-order valence-electron chi connectivity index (χ3n) is 3.71. The Kier molecular flexibility index (Phi) is 4.31. The molecule has 0 aromatic heterocycles. The molecule has 4 nitrogen and oxygen atoms in total. The quantitative estimate of drug-likeness (QED) is 0.885. The molecular weight excluding hydrogens is 352 g/mol. The van der Waals surface area contributed by atoms with Crippen molar-refractivity contribution in [2.75, 3.05) is 26.2 Å². The highest BCUT2D eigenvalue weighted by Crippen LogP contribution is 2.24. The van der Waals surface area contributed by atoms with Crippen LogP contribution in [-0.2, 0) is 10.0 Å². The van der Waals surface area contributed by atoms with Crippen molar-refractivity contribution < 1.29 is 8.42 Å². The third-order valence-corrected chi connectivity index (χ3v) is 6.10. The average molecular weight is 369 g/mol. The van der Waals surface area contributed by atoms with Gasteiger partial charge < -0.3 is 5.32 Å². The largest absolute Gasteiger partial charge is 0.315 e. The molecule has 0 bridgehead atoms. The van der Waals surface area contributed by atoms with E-state index in [0.29, 0.717) is 24.5 Å². The lowest BCUT2D eigenvalue weighted by molar-refractivity contribution is 0.432.